The van der Waals surface area contributed by atoms with Crippen molar-refractivity contribution < 1.29 is 8.42 Å². The summed E-state index contributed by atoms with van der Waals surface area (Å²) in [6.07, 6.45) is 1.36. The lowest BCUT2D eigenvalue weighted by atomic mass is 10.1. The number of aromatic nitrogens is 2. The molecule has 25 heavy (non-hydrogen) atoms. The third kappa shape index (κ3) is 3.50. The van der Waals surface area contributed by atoms with E-state index in [4.69, 9.17) is 11.6 Å². The Morgan fingerprint density at radius 3 is 2.20 bits per heavy atom. The molecule has 0 radical (unpaired) electrons. The van der Waals surface area contributed by atoms with Crippen LogP contribution in [0.2, 0.25) is 5.02 Å². The lowest BCUT2D eigenvalue weighted by molar-refractivity contribution is 0.595. The molecule has 0 unspecified atom stereocenters. The summed E-state index contributed by atoms with van der Waals surface area (Å²) in [6, 6.07) is 15.1. The number of sulfone groups is 1. The van der Waals surface area contributed by atoms with E-state index in [0.29, 0.717) is 22.2 Å². The molecule has 0 saturated heterocycles. The molecular weight excluding hydrogens is 358 g/mol. The van der Waals surface area contributed by atoms with Crippen LogP contribution in [0.1, 0.15) is 0 Å². The highest BCUT2D eigenvalue weighted by Crippen LogP contribution is 2.31. The van der Waals surface area contributed by atoms with Crippen LogP contribution in [0.3, 0.4) is 0 Å². The summed E-state index contributed by atoms with van der Waals surface area (Å²) < 4.78 is 26.1. The van der Waals surface area contributed by atoms with E-state index < -0.39 is 9.84 Å². The molecule has 0 fully saturated rings. The Labute approximate surface area is 151 Å². The second kappa shape index (κ2) is 6.82. The van der Waals surface area contributed by atoms with Gasteiger partial charge in [0.15, 0.2) is 0 Å². The van der Waals surface area contributed by atoms with Gasteiger partial charge in [0.25, 0.3) is 0 Å². The van der Waals surface area contributed by atoms with Gasteiger partial charge < -0.3 is 4.90 Å². The Bertz CT molecular complexity index is 989. The summed E-state index contributed by atoms with van der Waals surface area (Å²) in [5, 5.41) is 0.568. The van der Waals surface area contributed by atoms with E-state index in [2.05, 4.69) is 9.97 Å². The van der Waals surface area contributed by atoms with Gasteiger partial charge in [-0.1, -0.05) is 41.9 Å². The van der Waals surface area contributed by atoms with E-state index in [0.717, 1.165) is 0 Å². The number of hydrogen-bond acceptors (Lipinski definition) is 5. The van der Waals surface area contributed by atoms with E-state index in [1.165, 1.54) is 6.20 Å². The van der Waals surface area contributed by atoms with Crippen LogP contribution in [-0.4, -0.2) is 32.5 Å². The van der Waals surface area contributed by atoms with Crippen molar-refractivity contribution in [3.8, 4) is 11.3 Å². The molecule has 2 aromatic carbocycles. The monoisotopic (exact) mass is 373 g/mol. The normalized spacial score (nSPS) is 11.3. The average molecular weight is 374 g/mol. The van der Waals surface area contributed by atoms with Crippen molar-refractivity contribution in [3.63, 3.8) is 0 Å². The van der Waals surface area contributed by atoms with Gasteiger partial charge in [0, 0.05) is 24.7 Å². The van der Waals surface area contributed by atoms with E-state index in [1.54, 1.807) is 73.6 Å². The van der Waals surface area contributed by atoms with E-state index >= 15 is 0 Å². The van der Waals surface area contributed by atoms with Crippen LogP contribution in [0, 0.1) is 0 Å². The summed E-state index contributed by atoms with van der Waals surface area (Å²) >= 11 is 5.95. The molecule has 3 aromatic rings. The number of anilines is 1. The van der Waals surface area contributed by atoms with Crippen molar-refractivity contribution in [1.82, 2.24) is 9.97 Å². The molecule has 0 amide bonds. The molecule has 0 saturated carbocycles. The summed E-state index contributed by atoms with van der Waals surface area (Å²) in [4.78, 5) is 10.6. The van der Waals surface area contributed by atoms with Crippen LogP contribution >= 0.6 is 11.6 Å². The fourth-order valence-corrected chi connectivity index (χ4v) is 3.82. The van der Waals surface area contributed by atoms with Gasteiger partial charge in [-0.05, 0) is 24.3 Å². The Kier molecular flexibility index (Phi) is 4.74. The molecule has 128 valence electrons. The smallest absolute Gasteiger partial charge is 0.225 e. The maximum Gasteiger partial charge on any atom is 0.225 e. The van der Waals surface area contributed by atoms with Gasteiger partial charge in [-0.3, -0.25) is 0 Å². The van der Waals surface area contributed by atoms with Gasteiger partial charge in [-0.2, -0.15) is 0 Å². The van der Waals surface area contributed by atoms with Crippen molar-refractivity contribution >= 4 is 27.4 Å². The van der Waals surface area contributed by atoms with Crippen molar-refractivity contribution in [2.24, 2.45) is 0 Å². The van der Waals surface area contributed by atoms with E-state index in [-0.39, 0.29) is 9.79 Å². The Morgan fingerprint density at radius 1 is 0.960 bits per heavy atom. The molecule has 0 N–H and O–H groups in total. The molecule has 0 aliphatic rings. The van der Waals surface area contributed by atoms with Gasteiger partial charge in [0.2, 0.25) is 15.8 Å². The van der Waals surface area contributed by atoms with Crippen LogP contribution in [0.5, 0.6) is 0 Å². The SMILES string of the molecule is CN(C)c1ncc(S(=O)(=O)c2ccccc2)c(-c2ccc(Cl)cc2)n1. The Morgan fingerprint density at radius 2 is 1.60 bits per heavy atom. The molecule has 0 bridgehead atoms. The zero-order valence-electron chi connectivity index (χ0n) is 13.7. The third-order valence-electron chi connectivity index (χ3n) is 3.60. The highest BCUT2D eigenvalue weighted by molar-refractivity contribution is 7.91. The molecule has 7 heteroatoms. The lowest BCUT2D eigenvalue weighted by Gasteiger charge is -2.15. The minimum atomic E-state index is -3.75. The first-order valence-corrected chi connectivity index (χ1v) is 9.36. The minimum Gasteiger partial charge on any atom is -0.347 e. The quantitative estimate of drug-likeness (QED) is 0.697. The second-order valence-corrected chi connectivity index (χ2v) is 7.96. The van der Waals surface area contributed by atoms with Gasteiger partial charge >= 0.3 is 0 Å². The zero-order chi connectivity index (χ0) is 18.0. The predicted molar refractivity (Wildman–Crippen MR) is 98.7 cm³/mol. The molecule has 0 aliphatic heterocycles. The third-order valence-corrected chi connectivity index (χ3v) is 5.63. The lowest BCUT2D eigenvalue weighted by Crippen LogP contribution is -2.15. The van der Waals surface area contributed by atoms with Crippen molar-refractivity contribution in [1.29, 1.82) is 0 Å². The predicted octanol–water partition coefficient (Wildman–Crippen LogP) is 3.70. The average Bonchev–Trinajstić information content (AvgIpc) is 2.62. The summed E-state index contributed by atoms with van der Waals surface area (Å²) in [5.74, 6) is 0.428. The number of hydrogen-bond donors (Lipinski definition) is 0. The van der Waals surface area contributed by atoms with Gasteiger partial charge in [-0.15, -0.1) is 0 Å². The highest BCUT2D eigenvalue weighted by atomic mass is 35.5. The van der Waals surface area contributed by atoms with Crippen LogP contribution in [0.15, 0.2) is 70.6 Å². The molecule has 1 aromatic heterocycles. The highest BCUT2D eigenvalue weighted by Gasteiger charge is 2.24. The van der Waals surface area contributed by atoms with Gasteiger partial charge in [0.05, 0.1) is 16.8 Å². The molecule has 1 heterocycles. The molecular formula is C18H16ClN3O2S. The standard InChI is InChI=1S/C18H16ClN3O2S/c1-22(2)18-20-12-16(25(23,24)15-6-4-3-5-7-15)17(21-18)13-8-10-14(19)11-9-13/h3-12H,1-2H3. The van der Waals surface area contributed by atoms with Crippen LogP contribution in [0.25, 0.3) is 11.3 Å². The summed E-state index contributed by atoms with van der Waals surface area (Å²) in [5.41, 5.74) is 1.00. The van der Waals surface area contributed by atoms with Gasteiger partial charge in [-0.25, -0.2) is 18.4 Å². The van der Waals surface area contributed by atoms with Crippen LogP contribution in [0.4, 0.5) is 5.95 Å². The zero-order valence-corrected chi connectivity index (χ0v) is 15.3. The van der Waals surface area contributed by atoms with E-state index in [9.17, 15) is 8.42 Å². The van der Waals surface area contributed by atoms with E-state index in [1.807, 2.05) is 0 Å². The number of nitrogens with zero attached hydrogens (tertiary/aromatic N) is 3. The fraction of sp³-hybridized carbons (Fsp3) is 0.111. The second-order valence-electron chi connectivity index (χ2n) is 5.60. The van der Waals surface area contributed by atoms with Crippen molar-refractivity contribution in [2.75, 3.05) is 19.0 Å². The summed E-state index contributed by atoms with van der Waals surface area (Å²) in [6.45, 7) is 0. The molecule has 3 rings (SSSR count). The number of benzene rings is 2. The first-order chi connectivity index (χ1) is 11.9. The molecule has 0 aliphatic carbocycles. The first kappa shape index (κ1) is 17.4. The largest absolute Gasteiger partial charge is 0.347 e. The van der Waals surface area contributed by atoms with Gasteiger partial charge in [0.1, 0.15) is 4.90 Å². The van der Waals surface area contributed by atoms with Crippen LogP contribution in [-0.2, 0) is 9.84 Å². The molecule has 0 atom stereocenters. The molecule has 5 nitrogen and oxygen atoms in total. The molecule has 0 spiro atoms. The van der Waals surface area contributed by atoms with Crippen molar-refractivity contribution in [3.05, 3.63) is 65.8 Å². The number of halogens is 1. The fourth-order valence-electron chi connectivity index (χ4n) is 2.31. The summed E-state index contributed by atoms with van der Waals surface area (Å²) in [7, 11) is -0.151. The van der Waals surface area contributed by atoms with Crippen molar-refractivity contribution in [2.45, 2.75) is 9.79 Å². The van der Waals surface area contributed by atoms with Crippen LogP contribution < -0.4 is 4.90 Å². The maximum absolute atomic E-state index is 13.1. The Hall–Kier alpha value is -2.44. The first-order valence-electron chi connectivity index (χ1n) is 7.50. The minimum absolute atomic E-state index is 0.0617. The topological polar surface area (TPSA) is 63.2 Å². The number of rotatable bonds is 4. The Balaban J connectivity index is 2.25. The maximum atomic E-state index is 13.1.